The summed E-state index contributed by atoms with van der Waals surface area (Å²) in [6.07, 6.45) is 11.9. The second-order valence-corrected chi connectivity index (χ2v) is 5.41. The normalized spacial score (nSPS) is 19.1. The molecule has 1 amide bonds. The molecule has 1 heterocycles. The summed E-state index contributed by atoms with van der Waals surface area (Å²) in [6, 6.07) is 8.09. The number of hydrogen-bond donors (Lipinski definition) is 2. The maximum atomic E-state index is 11.4. The largest absolute Gasteiger partial charge is 0.381 e. The molecule has 1 unspecified atom stereocenters. The Bertz CT molecular complexity index is 760. The minimum Gasteiger partial charge on any atom is -0.381 e. The van der Waals surface area contributed by atoms with Crippen molar-refractivity contribution in [3.8, 4) is 0 Å². The third kappa shape index (κ3) is 2.93. The summed E-state index contributed by atoms with van der Waals surface area (Å²) in [5.74, 6) is -0.204. The van der Waals surface area contributed by atoms with E-state index in [9.17, 15) is 4.79 Å². The molecule has 0 aromatic heterocycles. The third-order valence-corrected chi connectivity index (χ3v) is 3.69. The van der Waals surface area contributed by atoms with E-state index in [4.69, 9.17) is 0 Å². The second kappa shape index (κ2) is 5.90. The summed E-state index contributed by atoms with van der Waals surface area (Å²) in [7, 11) is 0. The lowest BCUT2D eigenvalue weighted by atomic mass is 10.0. The Kier molecular flexibility index (Phi) is 3.79. The van der Waals surface area contributed by atoms with Gasteiger partial charge in [0.2, 0.25) is 5.91 Å². The number of benzene rings is 1. The van der Waals surface area contributed by atoms with Crippen LogP contribution in [0.25, 0.3) is 5.57 Å². The molecule has 0 fully saturated rings. The molecular formula is C19H22N2O. The molecule has 1 aromatic carbocycles. The van der Waals surface area contributed by atoms with Gasteiger partial charge in [0, 0.05) is 8.54 Å². The highest BCUT2D eigenvalue weighted by Crippen LogP contribution is 2.28. The van der Waals surface area contributed by atoms with Crippen LogP contribution in [0.4, 0.5) is 5.69 Å². The number of carbonyl (C=O) groups excluding carboxylic acids is 1. The summed E-state index contributed by atoms with van der Waals surface area (Å²) in [5, 5.41) is 6.12. The van der Waals surface area contributed by atoms with Gasteiger partial charge < -0.3 is 10.6 Å². The molecule has 22 heavy (non-hydrogen) atoms. The van der Waals surface area contributed by atoms with Crippen molar-refractivity contribution in [2.24, 2.45) is 0 Å². The molecule has 2 N–H and O–H groups in total. The Morgan fingerprint density at radius 1 is 1.41 bits per heavy atom. The van der Waals surface area contributed by atoms with E-state index in [1.165, 1.54) is 17.2 Å². The first-order valence-corrected chi connectivity index (χ1v) is 7.24. The first-order chi connectivity index (χ1) is 10.7. The number of amides is 1. The van der Waals surface area contributed by atoms with Crippen LogP contribution >= 0.6 is 0 Å². The Balaban J connectivity index is 0.00000144. The van der Waals surface area contributed by atoms with E-state index in [0.29, 0.717) is 0 Å². The number of allylic oxidation sites excluding steroid dienone is 4. The molecule has 1 aliphatic carbocycles. The molecule has 0 saturated heterocycles. The Morgan fingerprint density at radius 3 is 3.09 bits per heavy atom. The van der Waals surface area contributed by atoms with Crippen LogP contribution in [0.3, 0.4) is 0 Å². The maximum absolute atomic E-state index is 11.4. The van der Waals surface area contributed by atoms with Gasteiger partial charge in [-0.3, -0.25) is 4.79 Å². The van der Waals surface area contributed by atoms with Gasteiger partial charge in [-0.05, 0) is 60.2 Å². The highest BCUT2D eigenvalue weighted by atomic mass is 16.1. The van der Waals surface area contributed by atoms with E-state index < -0.39 is 0 Å². The zero-order valence-electron chi connectivity index (χ0n) is 12.5. The van der Waals surface area contributed by atoms with E-state index in [1.54, 1.807) is 0 Å². The fourth-order valence-corrected chi connectivity index (χ4v) is 2.64. The molecule has 0 radical (unpaired) electrons. The van der Waals surface area contributed by atoms with Crippen molar-refractivity contribution in [2.45, 2.75) is 13.0 Å². The van der Waals surface area contributed by atoms with Gasteiger partial charge in [0.1, 0.15) is 0 Å². The first-order valence-electron chi connectivity index (χ1n) is 7.24. The molecule has 114 valence electrons. The summed E-state index contributed by atoms with van der Waals surface area (Å²) in [6.45, 7) is 5.57. The van der Waals surface area contributed by atoms with Gasteiger partial charge in [-0.2, -0.15) is 0 Å². The number of hydrogen-bond acceptors (Lipinski definition) is 2. The van der Waals surface area contributed by atoms with Crippen molar-refractivity contribution in [1.29, 1.82) is 0 Å². The van der Waals surface area contributed by atoms with E-state index >= 15 is 0 Å². The summed E-state index contributed by atoms with van der Waals surface area (Å²) >= 11 is 0. The van der Waals surface area contributed by atoms with Gasteiger partial charge >= 0.3 is 0 Å². The van der Waals surface area contributed by atoms with Crippen LogP contribution in [0, 0.1) is 0 Å². The van der Waals surface area contributed by atoms with E-state index in [1.807, 2.05) is 30.5 Å². The van der Waals surface area contributed by atoms with Crippen LogP contribution in [-0.4, -0.2) is 11.9 Å². The fourth-order valence-electron chi connectivity index (χ4n) is 2.64. The van der Waals surface area contributed by atoms with E-state index in [-0.39, 0.29) is 14.8 Å². The van der Waals surface area contributed by atoms with Crippen LogP contribution in [-0.2, 0) is 4.79 Å². The van der Waals surface area contributed by atoms with Gasteiger partial charge in [0.05, 0.1) is 6.04 Å². The molecule has 0 bridgehead atoms. The minimum atomic E-state index is -0.204. The van der Waals surface area contributed by atoms with Gasteiger partial charge in [-0.1, -0.05) is 36.4 Å². The van der Waals surface area contributed by atoms with Crippen LogP contribution in [0.15, 0.2) is 78.6 Å². The molecule has 1 atom stereocenters. The van der Waals surface area contributed by atoms with Crippen LogP contribution in [0.2, 0.25) is 0 Å². The Labute approximate surface area is 133 Å². The average Bonchev–Trinajstić information content (AvgIpc) is 2.87. The standard InChI is InChI=1S/C19H18N2O.2H2/c1-3-19(22)21-17-6-4-5-14(12-17)16-9-13(2)10-18-15(11-16)7-8-20-18;;/h3-12,18,20H,1H2,2H3,(H,21,22);2*1H. The van der Waals surface area contributed by atoms with E-state index in [2.05, 4.69) is 48.4 Å². The highest BCUT2D eigenvalue weighted by molar-refractivity contribution is 5.99. The van der Waals surface area contributed by atoms with Crippen molar-refractivity contribution in [1.82, 2.24) is 5.32 Å². The summed E-state index contributed by atoms with van der Waals surface area (Å²) in [4.78, 5) is 11.4. The summed E-state index contributed by atoms with van der Waals surface area (Å²) in [5.41, 5.74) is 5.42. The Morgan fingerprint density at radius 2 is 2.27 bits per heavy atom. The fraction of sp³-hybridized carbons (Fsp3) is 0.105. The van der Waals surface area contributed by atoms with Crippen molar-refractivity contribution >= 4 is 17.2 Å². The highest BCUT2D eigenvalue weighted by Gasteiger charge is 2.16. The van der Waals surface area contributed by atoms with Gasteiger partial charge in [-0.25, -0.2) is 0 Å². The zero-order chi connectivity index (χ0) is 15.5. The SMILES string of the molecule is C=CC(=O)Nc1cccc(C2=CC(C)=CC3NC=CC3=C2)c1.[HH].[HH]. The van der Waals surface area contributed by atoms with Gasteiger partial charge in [0.25, 0.3) is 0 Å². The molecule has 0 spiro atoms. The molecule has 3 rings (SSSR count). The van der Waals surface area contributed by atoms with Crippen LogP contribution in [0.1, 0.15) is 15.3 Å². The van der Waals surface area contributed by atoms with Crippen LogP contribution < -0.4 is 10.6 Å². The monoisotopic (exact) mass is 294 g/mol. The smallest absolute Gasteiger partial charge is 0.247 e. The molecule has 2 aliphatic rings. The average molecular weight is 294 g/mol. The maximum Gasteiger partial charge on any atom is 0.247 e. The van der Waals surface area contributed by atoms with Gasteiger partial charge in [-0.15, -0.1) is 0 Å². The van der Waals surface area contributed by atoms with Crippen molar-refractivity contribution in [2.75, 3.05) is 5.32 Å². The number of rotatable bonds is 3. The van der Waals surface area contributed by atoms with Crippen LogP contribution in [0.5, 0.6) is 0 Å². The molecular weight excluding hydrogens is 272 g/mol. The quantitative estimate of drug-likeness (QED) is 0.825. The number of anilines is 1. The Hall–Kier alpha value is -2.81. The second-order valence-electron chi connectivity index (χ2n) is 5.41. The van der Waals surface area contributed by atoms with Crippen molar-refractivity contribution in [3.63, 3.8) is 0 Å². The molecule has 3 heteroatoms. The third-order valence-electron chi connectivity index (χ3n) is 3.69. The van der Waals surface area contributed by atoms with Crippen molar-refractivity contribution in [3.05, 3.63) is 84.1 Å². The van der Waals surface area contributed by atoms with E-state index in [0.717, 1.165) is 16.8 Å². The topological polar surface area (TPSA) is 41.1 Å². The molecule has 1 aromatic rings. The number of nitrogens with one attached hydrogen (secondary N) is 2. The first kappa shape index (κ1) is 14.1. The van der Waals surface area contributed by atoms with Crippen molar-refractivity contribution < 1.29 is 7.65 Å². The predicted molar refractivity (Wildman–Crippen MR) is 95.4 cm³/mol. The lowest BCUT2D eigenvalue weighted by molar-refractivity contribution is -0.111. The number of fused-ring (bicyclic) bond motifs is 1. The molecule has 1 aliphatic heterocycles. The summed E-state index contributed by atoms with van der Waals surface area (Å²) < 4.78 is 0. The minimum absolute atomic E-state index is 0. The zero-order valence-corrected chi connectivity index (χ0v) is 12.5. The molecule has 0 saturated carbocycles. The lowest BCUT2D eigenvalue weighted by Crippen LogP contribution is -2.17. The molecule has 3 nitrogen and oxygen atoms in total. The predicted octanol–water partition coefficient (Wildman–Crippen LogP) is 4.06. The lowest BCUT2D eigenvalue weighted by Gasteiger charge is -2.08. The van der Waals surface area contributed by atoms with Gasteiger partial charge in [0.15, 0.2) is 0 Å². The number of carbonyl (C=O) groups is 1.